The van der Waals surface area contributed by atoms with Gasteiger partial charge < -0.3 is 38.6 Å². The van der Waals surface area contributed by atoms with Crippen molar-refractivity contribution in [1.82, 2.24) is 9.80 Å². The van der Waals surface area contributed by atoms with Gasteiger partial charge in [0, 0.05) is 32.1 Å². The molecule has 10 nitrogen and oxygen atoms in total. The van der Waals surface area contributed by atoms with E-state index in [-0.39, 0.29) is 54.7 Å². The number of fused-ring (bicyclic) bond motifs is 3. The summed E-state index contributed by atoms with van der Waals surface area (Å²) in [4.78, 5) is 29.3. The van der Waals surface area contributed by atoms with E-state index >= 15 is 0 Å². The van der Waals surface area contributed by atoms with Crippen molar-refractivity contribution in [2.45, 2.75) is 127 Å². The van der Waals surface area contributed by atoms with Crippen LogP contribution in [-0.2, 0) is 33.3 Å². The molecule has 210 valence electrons. The largest absolute Gasteiger partial charge is 0.366 e. The van der Waals surface area contributed by atoms with Crippen molar-refractivity contribution < 1.29 is 38.4 Å². The Kier molecular flexibility index (Phi) is 8.43. The maximum atomic E-state index is 13.0. The predicted molar refractivity (Wildman–Crippen MR) is 132 cm³/mol. The molecule has 2 saturated carbocycles. The third kappa shape index (κ3) is 5.84. The minimum atomic E-state index is -1.08. The maximum absolute atomic E-state index is 13.0. The molecule has 1 N–H and O–H groups in total. The summed E-state index contributed by atoms with van der Waals surface area (Å²) < 4.78 is 29.5. The summed E-state index contributed by atoms with van der Waals surface area (Å²) in [6.07, 6.45) is 4.00. The monoisotopic (exact) mass is 524 g/mol. The number of hydrogen-bond acceptors (Lipinski definition) is 8. The summed E-state index contributed by atoms with van der Waals surface area (Å²) >= 11 is 0. The van der Waals surface area contributed by atoms with Crippen molar-refractivity contribution in [3.05, 3.63) is 0 Å². The molecule has 3 aliphatic heterocycles. The highest BCUT2D eigenvalue weighted by Crippen LogP contribution is 2.41. The lowest BCUT2D eigenvalue weighted by Crippen LogP contribution is -2.61. The van der Waals surface area contributed by atoms with Gasteiger partial charge in [0.05, 0.1) is 6.61 Å². The van der Waals surface area contributed by atoms with Gasteiger partial charge >= 0.3 is 0 Å². The van der Waals surface area contributed by atoms with Crippen molar-refractivity contribution in [1.29, 1.82) is 0 Å². The molecule has 37 heavy (non-hydrogen) atoms. The van der Waals surface area contributed by atoms with Crippen LogP contribution in [0.15, 0.2) is 0 Å². The molecule has 0 spiro atoms. The van der Waals surface area contributed by atoms with Crippen molar-refractivity contribution in [2.75, 3.05) is 20.7 Å². The summed E-state index contributed by atoms with van der Waals surface area (Å²) in [5.74, 6) is 0.695. The first kappa shape index (κ1) is 27.3. The molecule has 0 aromatic carbocycles. The van der Waals surface area contributed by atoms with Gasteiger partial charge in [-0.05, 0) is 64.2 Å². The van der Waals surface area contributed by atoms with E-state index in [0.29, 0.717) is 6.61 Å². The third-order valence-corrected chi connectivity index (χ3v) is 9.33. The summed E-state index contributed by atoms with van der Waals surface area (Å²) in [6, 6.07) is 0.348. The van der Waals surface area contributed by atoms with Crippen LogP contribution in [0.2, 0.25) is 0 Å². The van der Waals surface area contributed by atoms with E-state index in [9.17, 15) is 14.7 Å². The van der Waals surface area contributed by atoms with Gasteiger partial charge in [-0.25, -0.2) is 0 Å². The normalized spacial score (nSPS) is 44.0. The van der Waals surface area contributed by atoms with Crippen LogP contribution in [0.5, 0.6) is 0 Å². The molecule has 0 aromatic rings. The van der Waals surface area contributed by atoms with Gasteiger partial charge in [-0.1, -0.05) is 6.92 Å². The van der Waals surface area contributed by atoms with E-state index in [0.717, 1.165) is 57.3 Å². The Morgan fingerprint density at radius 3 is 1.95 bits per heavy atom. The Morgan fingerprint density at radius 1 is 0.757 bits per heavy atom. The van der Waals surface area contributed by atoms with Crippen LogP contribution < -0.4 is 0 Å². The van der Waals surface area contributed by atoms with Crippen LogP contribution in [0, 0.1) is 11.8 Å². The molecule has 3 saturated heterocycles. The molecule has 0 radical (unpaired) electrons. The zero-order valence-corrected chi connectivity index (χ0v) is 22.6. The molecule has 7 unspecified atom stereocenters. The fourth-order valence-electron chi connectivity index (χ4n) is 6.73. The lowest BCUT2D eigenvalue weighted by Gasteiger charge is -2.44. The van der Waals surface area contributed by atoms with Crippen LogP contribution >= 0.6 is 0 Å². The number of hydrogen-bond donors (Lipinski definition) is 1. The Morgan fingerprint density at radius 2 is 1.32 bits per heavy atom. The number of ether oxygens (including phenoxy) is 5. The van der Waals surface area contributed by atoms with Crippen LogP contribution in [0.25, 0.3) is 0 Å². The highest BCUT2D eigenvalue weighted by molar-refractivity contribution is 5.97. The first-order valence-electron chi connectivity index (χ1n) is 14.1. The van der Waals surface area contributed by atoms with Crippen LogP contribution in [0.3, 0.4) is 0 Å². The van der Waals surface area contributed by atoms with Gasteiger partial charge in [-0.2, -0.15) is 0 Å². The minimum Gasteiger partial charge on any atom is -0.366 e. The summed E-state index contributed by atoms with van der Waals surface area (Å²) in [5, 5.41) is 10.5. The van der Waals surface area contributed by atoms with Gasteiger partial charge in [-0.15, -0.1) is 0 Å². The summed E-state index contributed by atoms with van der Waals surface area (Å²) in [7, 11) is 3.66. The molecule has 2 aliphatic carbocycles. The van der Waals surface area contributed by atoms with Crippen molar-refractivity contribution in [2.24, 2.45) is 11.8 Å². The number of rotatable bonds is 5. The number of nitrogens with zero attached hydrogens (tertiary/aromatic N) is 2. The summed E-state index contributed by atoms with van der Waals surface area (Å²) in [6.45, 7) is 4.45. The molecule has 5 aliphatic rings. The molecule has 2 amide bonds. The zero-order valence-electron chi connectivity index (χ0n) is 22.6. The average molecular weight is 525 g/mol. The van der Waals surface area contributed by atoms with E-state index in [1.165, 1.54) is 0 Å². The molecule has 0 bridgehead atoms. The number of amides is 2. The zero-order chi connectivity index (χ0) is 26.3. The smallest absolute Gasteiger partial charge is 0.232 e. The second-order valence-electron chi connectivity index (χ2n) is 11.8. The molecule has 0 aromatic heterocycles. The van der Waals surface area contributed by atoms with Gasteiger partial charge in [-0.3, -0.25) is 9.59 Å². The number of carbonyl (C=O) groups is 2. The van der Waals surface area contributed by atoms with Crippen molar-refractivity contribution in [3.63, 3.8) is 0 Å². The van der Waals surface area contributed by atoms with E-state index in [1.807, 2.05) is 21.0 Å². The second-order valence-corrected chi connectivity index (χ2v) is 11.8. The van der Waals surface area contributed by atoms with E-state index in [1.54, 1.807) is 9.80 Å². The highest BCUT2D eigenvalue weighted by atomic mass is 16.8. The fourth-order valence-corrected chi connectivity index (χ4v) is 6.73. The Hall–Kier alpha value is -1.30. The molecule has 3 heterocycles. The van der Waals surface area contributed by atoms with E-state index in [2.05, 4.69) is 6.92 Å². The Balaban J connectivity index is 1.09. The maximum Gasteiger partial charge on any atom is 0.232 e. The lowest BCUT2D eigenvalue weighted by atomic mass is 9.85. The number of carbonyl (C=O) groups excluding carboxylic acids is 2. The number of aliphatic hydroxyl groups is 1. The second kappa shape index (κ2) is 11.4. The average Bonchev–Trinajstić information content (AvgIpc) is 3.35. The Labute approximate surface area is 219 Å². The van der Waals surface area contributed by atoms with E-state index in [4.69, 9.17) is 23.7 Å². The van der Waals surface area contributed by atoms with Gasteiger partial charge in [0.15, 0.2) is 18.9 Å². The molecule has 5 fully saturated rings. The van der Waals surface area contributed by atoms with Gasteiger partial charge in [0.1, 0.15) is 30.8 Å². The molecule has 10 heteroatoms. The quantitative estimate of drug-likeness (QED) is 0.545. The molecule has 5 rings (SSSR count). The topological polar surface area (TPSA) is 107 Å². The van der Waals surface area contributed by atoms with Crippen LogP contribution in [0.4, 0.5) is 0 Å². The fraction of sp³-hybridized carbons (Fsp3) is 0.926. The third-order valence-electron chi connectivity index (χ3n) is 9.33. The highest BCUT2D eigenvalue weighted by Gasteiger charge is 2.56. The SMILES string of the molecule is CC1CCC(N(C)C(=O)CC(=O)N(C)C2CCC(C3OC4C(O)OC5COC(C)OC5C4O3)CC2)CC1. The number of aliphatic hydroxyl groups excluding tert-OH is 1. The van der Waals surface area contributed by atoms with Crippen molar-refractivity contribution in [3.8, 4) is 0 Å². The van der Waals surface area contributed by atoms with Gasteiger partial charge in [0.2, 0.25) is 11.8 Å². The van der Waals surface area contributed by atoms with Crippen LogP contribution in [-0.4, -0.2) is 103 Å². The van der Waals surface area contributed by atoms with Gasteiger partial charge in [0.25, 0.3) is 0 Å². The van der Waals surface area contributed by atoms with Crippen LogP contribution in [0.1, 0.15) is 71.6 Å². The predicted octanol–water partition coefficient (Wildman–Crippen LogP) is 2.02. The molecule has 7 atom stereocenters. The first-order chi connectivity index (χ1) is 17.7. The Bertz CT molecular complexity index is 812. The van der Waals surface area contributed by atoms with E-state index < -0.39 is 24.8 Å². The standard InChI is InChI=1S/C27H44N2O8/c1-15-5-9-18(10-6-15)28(3)21(30)13-22(31)29(4)19-11-7-17(8-12-19)27-36-24-23-20(14-33-16(2)34-23)35-26(32)25(24)37-27/h15-20,23-27,32H,5-14H2,1-4H3. The molecular formula is C27H44N2O8. The summed E-state index contributed by atoms with van der Waals surface area (Å²) in [5.41, 5.74) is 0. The first-order valence-corrected chi connectivity index (χ1v) is 14.1. The van der Waals surface area contributed by atoms with Crippen molar-refractivity contribution >= 4 is 11.8 Å². The molecular weight excluding hydrogens is 480 g/mol. The lowest BCUT2D eigenvalue weighted by molar-refractivity contribution is -0.333. The minimum absolute atomic E-state index is 0.0697.